The first kappa shape index (κ1) is 20.4. The van der Waals surface area contributed by atoms with E-state index in [1.54, 1.807) is 18.7 Å². The molecule has 0 radical (unpaired) electrons. The molecule has 0 fully saturated rings. The van der Waals surface area contributed by atoms with Crippen LogP contribution in [0.5, 0.6) is 11.5 Å². The molecule has 0 aliphatic rings. The van der Waals surface area contributed by atoms with Gasteiger partial charge in [-0.05, 0) is 36.7 Å². The smallest absolute Gasteiger partial charge is 0.223 e. The fourth-order valence-electron chi connectivity index (χ4n) is 3.31. The molecule has 4 aromatic rings. The van der Waals surface area contributed by atoms with Gasteiger partial charge in [0.05, 0.1) is 19.8 Å². The summed E-state index contributed by atoms with van der Waals surface area (Å²) in [7, 11) is 3.34. The van der Waals surface area contributed by atoms with Gasteiger partial charge >= 0.3 is 0 Å². The molecule has 2 heterocycles. The number of aryl methyl sites for hydroxylation is 1. The number of unbranched alkanes of at least 4 members (excludes halogenated alkanes) is 1. The van der Waals surface area contributed by atoms with Gasteiger partial charge < -0.3 is 9.47 Å². The minimum absolute atomic E-state index is 0.300. The van der Waals surface area contributed by atoms with Crippen molar-refractivity contribution in [2.75, 3.05) is 14.2 Å². The standard InChI is InChI=1S/C22H22N4O2S2/c1-4-5-9-15-12-16(18(28-3)13-17(15)27-2)20-25-26-19(14-10-7-6-8-11-14)23-21(29)24-22(26)30-20/h6-8,10-13H,4-5,9H2,1-3H3. The number of fused-ring (bicyclic) bond motifs is 1. The molecular formula is C22H22N4O2S2. The second kappa shape index (κ2) is 8.89. The van der Waals surface area contributed by atoms with Crippen LogP contribution in [0, 0.1) is 4.77 Å². The number of ether oxygens (including phenoxy) is 2. The molecule has 0 N–H and O–H groups in total. The van der Waals surface area contributed by atoms with Gasteiger partial charge in [0.2, 0.25) is 9.73 Å². The molecule has 154 valence electrons. The lowest BCUT2D eigenvalue weighted by Gasteiger charge is -2.13. The number of benzene rings is 2. The topological polar surface area (TPSA) is 61.5 Å². The van der Waals surface area contributed by atoms with Crippen molar-refractivity contribution in [1.29, 1.82) is 0 Å². The molecule has 0 saturated heterocycles. The van der Waals surface area contributed by atoms with Crippen LogP contribution in [0.25, 0.3) is 26.9 Å². The normalized spacial score (nSPS) is 11.0. The molecule has 0 aliphatic heterocycles. The van der Waals surface area contributed by atoms with Gasteiger partial charge in [0.25, 0.3) is 0 Å². The zero-order valence-electron chi connectivity index (χ0n) is 17.1. The Morgan fingerprint density at radius 2 is 1.80 bits per heavy atom. The molecule has 30 heavy (non-hydrogen) atoms. The van der Waals surface area contributed by atoms with E-state index in [2.05, 4.69) is 23.0 Å². The molecule has 0 spiro atoms. The van der Waals surface area contributed by atoms with E-state index < -0.39 is 0 Å². The van der Waals surface area contributed by atoms with E-state index in [1.165, 1.54) is 11.3 Å². The lowest BCUT2D eigenvalue weighted by molar-refractivity contribution is 0.391. The zero-order chi connectivity index (χ0) is 21.1. The maximum atomic E-state index is 5.66. The van der Waals surface area contributed by atoms with E-state index in [0.717, 1.165) is 46.7 Å². The van der Waals surface area contributed by atoms with Crippen molar-refractivity contribution in [3.8, 4) is 33.5 Å². The third-order valence-electron chi connectivity index (χ3n) is 4.82. The van der Waals surface area contributed by atoms with Gasteiger partial charge in [-0.3, -0.25) is 0 Å². The van der Waals surface area contributed by atoms with E-state index in [-0.39, 0.29) is 0 Å². The second-order valence-corrected chi connectivity index (χ2v) is 8.09. The predicted molar refractivity (Wildman–Crippen MR) is 122 cm³/mol. The summed E-state index contributed by atoms with van der Waals surface area (Å²) in [4.78, 5) is 9.58. The van der Waals surface area contributed by atoms with Crippen molar-refractivity contribution < 1.29 is 9.47 Å². The number of aromatic nitrogens is 4. The quantitative estimate of drug-likeness (QED) is 0.350. The Morgan fingerprint density at radius 1 is 1.03 bits per heavy atom. The second-order valence-electron chi connectivity index (χ2n) is 6.77. The van der Waals surface area contributed by atoms with Crippen molar-refractivity contribution in [3.63, 3.8) is 0 Å². The molecule has 0 bridgehead atoms. The first-order valence-electron chi connectivity index (χ1n) is 9.73. The van der Waals surface area contributed by atoms with Crippen LogP contribution in [0.15, 0.2) is 42.5 Å². The fraction of sp³-hybridized carbons (Fsp3) is 0.273. The summed E-state index contributed by atoms with van der Waals surface area (Å²) in [6.07, 6.45) is 3.12. The highest BCUT2D eigenvalue weighted by Crippen LogP contribution is 2.38. The van der Waals surface area contributed by atoms with Crippen molar-refractivity contribution >= 4 is 28.5 Å². The summed E-state index contributed by atoms with van der Waals surface area (Å²) >= 11 is 6.77. The molecular weight excluding hydrogens is 416 g/mol. The number of rotatable bonds is 7. The van der Waals surface area contributed by atoms with E-state index in [0.29, 0.717) is 21.3 Å². The average molecular weight is 439 g/mol. The Hall–Kier alpha value is -2.84. The number of hydrogen-bond acceptors (Lipinski definition) is 7. The van der Waals surface area contributed by atoms with Crippen molar-refractivity contribution in [2.24, 2.45) is 0 Å². The van der Waals surface area contributed by atoms with Crippen LogP contribution >= 0.6 is 23.6 Å². The summed E-state index contributed by atoms with van der Waals surface area (Å²) < 4.78 is 13.3. The van der Waals surface area contributed by atoms with Crippen LogP contribution < -0.4 is 9.47 Å². The molecule has 2 aromatic carbocycles. The molecule has 0 aliphatic carbocycles. The van der Waals surface area contributed by atoms with Gasteiger partial charge in [-0.15, -0.1) is 0 Å². The molecule has 8 heteroatoms. The van der Waals surface area contributed by atoms with E-state index >= 15 is 0 Å². The van der Waals surface area contributed by atoms with Crippen molar-refractivity contribution in [3.05, 3.63) is 52.8 Å². The van der Waals surface area contributed by atoms with Gasteiger partial charge in [-0.2, -0.15) is 19.6 Å². The fourth-order valence-corrected chi connectivity index (χ4v) is 4.46. The Bertz CT molecular complexity index is 1240. The maximum Gasteiger partial charge on any atom is 0.223 e. The van der Waals surface area contributed by atoms with Gasteiger partial charge in [0, 0.05) is 11.6 Å². The van der Waals surface area contributed by atoms with Crippen LogP contribution in [0.1, 0.15) is 25.3 Å². The summed E-state index contributed by atoms with van der Waals surface area (Å²) in [6, 6.07) is 13.9. The first-order chi connectivity index (χ1) is 14.6. The molecule has 0 saturated carbocycles. The monoisotopic (exact) mass is 438 g/mol. The van der Waals surface area contributed by atoms with Gasteiger partial charge in [0.1, 0.15) is 11.5 Å². The molecule has 6 nitrogen and oxygen atoms in total. The number of nitrogens with zero attached hydrogens (tertiary/aromatic N) is 4. The Morgan fingerprint density at radius 3 is 2.50 bits per heavy atom. The minimum atomic E-state index is 0.300. The van der Waals surface area contributed by atoms with Gasteiger partial charge in [-0.25, -0.2) is 0 Å². The summed E-state index contributed by atoms with van der Waals surface area (Å²) in [6.45, 7) is 2.18. The first-order valence-corrected chi connectivity index (χ1v) is 11.0. The Labute approximate surface area is 184 Å². The van der Waals surface area contributed by atoms with Gasteiger partial charge in [0.15, 0.2) is 10.8 Å². The molecule has 4 rings (SSSR count). The Kier molecular flexibility index (Phi) is 6.06. The van der Waals surface area contributed by atoms with Crippen molar-refractivity contribution in [1.82, 2.24) is 19.6 Å². The van der Waals surface area contributed by atoms with Crippen LogP contribution in [0.2, 0.25) is 0 Å². The lowest BCUT2D eigenvalue weighted by atomic mass is 10.0. The summed E-state index contributed by atoms with van der Waals surface area (Å²) in [5.41, 5.74) is 2.98. The van der Waals surface area contributed by atoms with Gasteiger partial charge in [-0.1, -0.05) is 55.0 Å². The third-order valence-corrected chi connectivity index (χ3v) is 5.94. The highest BCUT2D eigenvalue weighted by molar-refractivity contribution is 7.71. The van der Waals surface area contributed by atoms with Crippen LogP contribution in [-0.2, 0) is 6.42 Å². The predicted octanol–water partition coefficient (Wildman–Crippen LogP) is 5.61. The summed E-state index contributed by atoms with van der Waals surface area (Å²) in [5.74, 6) is 2.21. The molecule has 2 aromatic heterocycles. The molecule has 0 unspecified atom stereocenters. The van der Waals surface area contributed by atoms with Crippen LogP contribution in [0.4, 0.5) is 0 Å². The molecule has 0 atom stereocenters. The SMILES string of the molecule is CCCCc1cc(-c2nn3c(-c4ccccc4)nc(=S)nc3s2)c(OC)cc1OC. The van der Waals surface area contributed by atoms with E-state index in [9.17, 15) is 0 Å². The molecule has 0 amide bonds. The highest BCUT2D eigenvalue weighted by atomic mass is 32.1. The minimum Gasteiger partial charge on any atom is -0.496 e. The van der Waals surface area contributed by atoms with Crippen LogP contribution in [-0.4, -0.2) is 33.8 Å². The van der Waals surface area contributed by atoms with E-state index in [4.69, 9.17) is 26.8 Å². The largest absolute Gasteiger partial charge is 0.496 e. The zero-order valence-corrected chi connectivity index (χ0v) is 18.7. The highest BCUT2D eigenvalue weighted by Gasteiger charge is 2.18. The van der Waals surface area contributed by atoms with Crippen LogP contribution in [0.3, 0.4) is 0 Å². The summed E-state index contributed by atoms with van der Waals surface area (Å²) in [5, 5.41) is 5.62. The third kappa shape index (κ3) is 3.93. The van der Waals surface area contributed by atoms with Crippen molar-refractivity contribution in [2.45, 2.75) is 26.2 Å². The van der Waals surface area contributed by atoms with E-state index in [1.807, 2.05) is 36.4 Å². The average Bonchev–Trinajstić information content (AvgIpc) is 3.20. The number of hydrogen-bond donors (Lipinski definition) is 0. The Balaban J connectivity index is 1.90. The number of methoxy groups -OCH3 is 2. The lowest BCUT2D eigenvalue weighted by Crippen LogP contribution is -2.00. The maximum absolute atomic E-state index is 5.66.